The van der Waals surface area contributed by atoms with Crippen LogP contribution in [-0.4, -0.2) is 74.2 Å². The van der Waals surface area contributed by atoms with E-state index in [4.69, 9.17) is 14.2 Å². The number of carboxylic acid groups (broad SMARTS) is 1. The number of phenols is 2. The molecule has 0 spiro atoms. The number of nitrogens with zero attached hydrogens (tertiary/aromatic N) is 3. The quantitative estimate of drug-likeness (QED) is 0.0792. The molecule has 0 saturated carbocycles. The first-order valence-electron chi connectivity index (χ1n) is 32.2. The summed E-state index contributed by atoms with van der Waals surface area (Å²) in [6.07, 6.45) is 7.12. The van der Waals surface area contributed by atoms with E-state index >= 15 is 0 Å². The smallest absolute Gasteiger partial charge is 0.341 e. The number of esters is 2. The highest BCUT2D eigenvalue weighted by molar-refractivity contribution is 7.17. The number of aromatic carboxylic acids is 1. The van der Waals surface area contributed by atoms with Crippen LogP contribution in [0.5, 0.6) is 17.2 Å². The van der Waals surface area contributed by atoms with E-state index in [9.17, 15) is 29.7 Å². The number of thiophene rings is 3. The van der Waals surface area contributed by atoms with Crippen molar-refractivity contribution in [2.24, 2.45) is 17.8 Å². The first-order valence-corrected chi connectivity index (χ1v) is 34.6. The minimum atomic E-state index is -1.12. The highest BCUT2D eigenvalue weighted by Gasteiger charge is 2.45. The molecule has 90 heavy (non-hydrogen) atoms. The average molecular weight is 1290 g/mol. The van der Waals surface area contributed by atoms with Gasteiger partial charge in [0.25, 0.3) is 0 Å². The Morgan fingerprint density at radius 2 is 0.722 bits per heavy atom. The lowest BCUT2D eigenvalue weighted by Gasteiger charge is -2.39. The van der Waals surface area contributed by atoms with E-state index in [-0.39, 0.29) is 61.1 Å². The normalized spacial score (nSPS) is 17.0. The van der Waals surface area contributed by atoms with Gasteiger partial charge in [0.2, 0.25) is 0 Å². The number of fused-ring (bicyclic) bond motifs is 3. The molecule has 0 radical (unpaired) electrons. The van der Waals surface area contributed by atoms with E-state index in [0.717, 1.165) is 36.7 Å². The predicted octanol–water partition coefficient (Wildman–Crippen LogP) is 20.3. The fourth-order valence-electron chi connectivity index (χ4n) is 13.7. The molecule has 492 valence electrons. The van der Waals surface area contributed by atoms with Gasteiger partial charge in [-0.15, -0.1) is 34.0 Å². The summed E-state index contributed by atoms with van der Waals surface area (Å²) in [6, 6.07) is 15.9. The zero-order valence-electron chi connectivity index (χ0n) is 58.6. The van der Waals surface area contributed by atoms with Crippen LogP contribution in [0.25, 0.3) is 0 Å². The van der Waals surface area contributed by atoms with Gasteiger partial charge in [-0.25, -0.2) is 14.4 Å². The molecule has 15 heteroatoms. The van der Waals surface area contributed by atoms with Crippen molar-refractivity contribution < 1.29 is 43.9 Å². The Morgan fingerprint density at radius 3 is 0.989 bits per heavy atom. The van der Waals surface area contributed by atoms with Gasteiger partial charge in [0, 0.05) is 69.5 Å². The van der Waals surface area contributed by atoms with Crippen molar-refractivity contribution in [3.63, 3.8) is 0 Å². The van der Waals surface area contributed by atoms with Crippen LogP contribution in [0, 0.1) is 38.5 Å². The fourth-order valence-corrected chi connectivity index (χ4v) is 18.7. The van der Waals surface area contributed by atoms with E-state index in [0.29, 0.717) is 29.1 Å². The first kappa shape index (κ1) is 71.4. The van der Waals surface area contributed by atoms with E-state index in [1.54, 1.807) is 31.4 Å². The summed E-state index contributed by atoms with van der Waals surface area (Å²) in [6.45, 7) is 50.8. The minimum absolute atomic E-state index is 0.0484. The second kappa shape index (κ2) is 26.9. The Balaban J connectivity index is 0.000000192. The second-order valence-corrected chi connectivity index (χ2v) is 33.6. The molecular formula is C75H105N3O9S3. The molecule has 3 heterocycles. The number of ether oxygens (including phenoxy) is 3. The summed E-state index contributed by atoms with van der Waals surface area (Å²) in [4.78, 5) is 46.8. The van der Waals surface area contributed by atoms with Gasteiger partial charge in [-0.3, -0.25) is 0 Å². The van der Waals surface area contributed by atoms with Crippen LogP contribution < -0.4 is 19.4 Å². The van der Waals surface area contributed by atoms with Gasteiger partial charge >= 0.3 is 17.9 Å². The van der Waals surface area contributed by atoms with E-state index in [2.05, 4.69) is 160 Å². The molecule has 9 rings (SSSR count). The summed E-state index contributed by atoms with van der Waals surface area (Å²) in [7, 11) is 4.31. The SMILES string of the molecule is COC(=O)c1ccc(N(CC(C)C)c2sc3c(c2C)C(C)(C)CCC3(C)C)cc1O.COC(=O)c1ccc(N(CC(C)C)c2sc3c(c2C)C(C)(C)CCC3(C)C)cc1OC.Cc1c(N(CC(C)C)c2ccc(C(=O)O)c(O)c2)sc2c1C(C)(C)CCC2(C)C. The van der Waals surface area contributed by atoms with Gasteiger partial charge in [-0.1, -0.05) is 125 Å². The molecule has 0 aliphatic heterocycles. The summed E-state index contributed by atoms with van der Waals surface area (Å²) in [5.41, 5.74) is 12.8. The Bertz CT molecular complexity index is 3610. The van der Waals surface area contributed by atoms with Crippen molar-refractivity contribution >= 4 is 84.0 Å². The Hall–Kier alpha value is -6.03. The number of aromatic hydroxyl groups is 2. The van der Waals surface area contributed by atoms with E-state index in [1.807, 2.05) is 58.3 Å². The lowest BCUT2D eigenvalue weighted by atomic mass is 9.66. The lowest BCUT2D eigenvalue weighted by molar-refractivity contribution is 0.0588. The van der Waals surface area contributed by atoms with Gasteiger partial charge in [0.15, 0.2) is 0 Å². The van der Waals surface area contributed by atoms with Gasteiger partial charge in [-0.05, 0) is 179 Å². The van der Waals surface area contributed by atoms with Crippen LogP contribution in [0.15, 0.2) is 54.6 Å². The van der Waals surface area contributed by atoms with Gasteiger partial charge in [0.1, 0.15) is 33.9 Å². The molecule has 0 unspecified atom stereocenters. The minimum Gasteiger partial charge on any atom is -0.507 e. The van der Waals surface area contributed by atoms with Crippen LogP contribution in [0.4, 0.5) is 32.1 Å². The Labute approximate surface area is 551 Å². The van der Waals surface area contributed by atoms with Crippen LogP contribution in [-0.2, 0) is 42.0 Å². The molecular weight excluding hydrogens is 1180 g/mol. The number of carbonyl (C=O) groups excluding carboxylic acids is 2. The van der Waals surface area contributed by atoms with Crippen LogP contribution in [0.3, 0.4) is 0 Å². The van der Waals surface area contributed by atoms with Crippen molar-refractivity contribution in [1.29, 1.82) is 0 Å². The first-order chi connectivity index (χ1) is 41.7. The van der Waals surface area contributed by atoms with Crippen molar-refractivity contribution in [3.8, 4) is 17.2 Å². The summed E-state index contributed by atoms with van der Waals surface area (Å²) in [5.74, 6) is -0.399. The highest BCUT2D eigenvalue weighted by atomic mass is 32.1. The van der Waals surface area contributed by atoms with Crippen LogP contribution in [0.1, 0.15) is 242 Å². The molecule has 3 aromatic heterocycles. The number of methoxy groups -OCH3 is 3. The molecule has 3 aliphatic rings. The monoisotopic (exact) mass is 1290 g/mol. The van der Waals surface area contributed by atoms with Crippen molar-refractivity contribution in [1.82, 2.24) is 0 Å². The third-order valence-corrected chi connectivity index (χ3v) is 23.9. The maximum atomic E-state index is 12.1. The molecule has 6 aromatic rings. The molecule has 3 N–H and O–H groups in total. The maximum Gasteiger partial charge on any atom is 0.341 e. The summed E-state index contributed by atoms with van der Waals surface area (Å²) < 4.78 is 15.2. The molecule has 0 atom stereocenters. The fraction of sp³-hybridized carbons (Fsp3) is 0.560. The Morgan fingerprint density at radius 1 is 0.444 bits per heavy atom. The summed E-state index contributed by atoms with van der Waals surface area (Å²) >= 11 is 5.69. The topological polar surface area (TPSA) is 149 Å². The number of carboxylic acids is 1. The predicted molar refractivity (Wildman–Crippen MR) is 377 cm³/mol. The standard InChI is InChI=1S/C26H37NO3S.C25H35NO3S.C24H33NO3S/c1-16(2)15-27(18-10-11-19(24(28)30-9)20(14-18)29-8)23-17(3)21-22(31-23)26(6,7)13-12-25(21,4)5;1-15(2)14-26(17-9-10-18(19(27)13-17)23(28)29-8)22-16(3)20-21(30-22)25(6,7)12-11-24(20,4)5;1-14(2)13-25(16-8-9-17(22(27)28)18(26)12-16)21-15(3)19-20(29-21)24(6,7)11-10-23(19,4)5/h10-11,14,16H,12-13,15H2,1-9H3;9-10,13,15,27H,11-12,14H2,1-8H3;8-9,12,14,26H,10-11,13H2,1-7H3,(H,27,28). The number of hydrogen-bond donors (Lipinski definition) is 3. The highest BCUT2D eigenvalue weighted by Crippen LogP contribution is 2.58. The summed E-state index contributed by atoms with van der Waals surface area (Å²) in [5, 5.41) is 33.8. The van der Waals surface area contributed by atoms with Crippen LogP contribution >= 0.6 is 34.0 Å². The van der Waals surface area contributed by atoms with Crippen molar-refractivity contribution in [3.05, 3.63) is 119 Å². The Kier molecular flexibility index (Phi) is 21.3. The van der Waals surface area contributed by atoms with Crippen molar-refractivity contribution in [2.75, 3.05) is 55.7 Å². The van der Waals surface area contributed by atoms with Crippen LogP contribution in [0.2, 0.25) is 0 Å². The van der Waals surface area contributed by atoms with Gasteiger partial charge in [-0.2, -0.15) is 0 Å². The number of hydrogen-bond acceptors (Lipinski definition) is 14. The maximum absolute atomic E-state index is 12.1. The molecule has 0 amide bonds. The largest absolute Gasteiger partial charge is 0.507 e. The lowest BCUT2D eigenvalue weighted by Crippen LogP contribution is -2.32. The zero-order valence-corrected chi connectivity index (χ0v) is 61.1. The molecule has 3 aromatic carbocycles. The molecule has 0 fully saturated rings. The van der Waals surface area contributed by atoms with Gasteiger partial charge < -0.3 is 44.2 Å². The van der Waals surface area contributed by atoms with E-state index < -0.39 is 11.9 Å². The molecule has 0 saturated heterocycles. The third kappa shape index (κ3) is 14.6. The van der Waals surface area contributed by atoms with Crippen molar-refractivity contribution in [2.45, 2.75) is 216 Å². The number of anilines is 6. The third-order valence-electron chi connectivity index (χ3n) is 18.9. The van der Waals surface area contributed by atoms with Gasteiger partial charge in [0.05, 0.1) is 36.3 Å². The molecule has 0 bridgehead atoms. The number of carbonyl (C=O) groups is 3. The molecule has 12 nitrogen and oxygen atoms in total. The zero-order chi connectivity index (χ0) is 67.3. The molecule has 3 aliphatic carbocycles. The van der Waals surface area contributed by atoms with E-state index in [1.165, 1.54) is 122 Å². The second-order valence-electron chi connectivity index (χ2n) is 30.6. The number of rotatable bonds is 16. The number of phenolic OH excluding ortho intramolecular Hbond substituents is 1. The average Bonchev–Trinajstić information content (AvgIpc) is 1.62. The number of benzene rings is 3.